The van der Waals surface area contributed by atoms with Gasteiger partial charge in [-0.05, 0) is 31.5 Å². The quantitative estimate of drug-likeness (QED) is 0.458. The summed E-state index contributed by atoms with van der Waals surface area (Å²) in [5.74, 6) is 0.805. The molecule has 21 heavy (non-hydrogen) atoms. The molecular formula is C16H21N3O2. The van der Waals surface area contributed by atoms with Crippen molar-refractivity contribution in [2.45, 2.75) is 25.7 Å². The van der Waals surface area contributed by atoms with Gasteiger partial charge in [0, 0.05) is 17.6 Å². The van der Waals surface area contributed by atoms with Gasteiger partial charge in [-0.1, -0.05) is 24.6 Å². The fourth-order valence-corrected chi connectivity index (χ4v) is 2.06. The number of carbonyl (C=O) groups is 1. The summed E-state index contributed by atoms with van der Waals surface area (Å²) in [6.45, 7) is 1.14. The third-order valence-corrected chi connectivity index (χ3v) is 3.18. The molecule has 0 saturated carbocycles. The Balaban J connectivity index is 1.77. The minimum Gasteiger partial charge on any atom is -0.488 e. The first-order valence-electron chi connectivity index (χ1n) is 7.24. The molecule has 1 heterocycles. The average molecular weight is 287 g/mol. The number of nitrogens with one attached hydrogen (secondary N) is 1. The zero-order valence-corrected chi connectivity index (χ0v) is 12.0. The van der Waals surface area contributed by atoms with Crippen molar-refractivity contribution in [2.24, 2.45) is 10.8 Å². The highest BCUT2D eigenvalue weighted by Gasteiger charge is 2.08. The number of unbranched alkanes of at least 4 members (excludes halogenated alkanes) is 2. The zero-order valence-electron chi connectivity index (χ0n) is 12.0. The van der Waals surface area contributed by atoms with Crippen LogP contribution >= 0.6 is 0 Å². The number of fused-ring (bicyclic) bond motifs is 1. The van der Waals surface area contributed by atoms with Gasteiger partial charge < -0.3 is 10.5 Å². The third-order valence-electron chi connectivity index (χ3n) is 3.18. The summed E-state index contributed by atoms with van der Waals surface area (Å²) in [4.78, 5) is 11.5. The largest absolute Gasteiger partial charge is 0.488 e. The fourth-order valence-electron chi connectivity index (χ4n) is 2.06. The van der Waals surface area contributed by atoms with Gasteiger partial charge in [0.1, 0.15) is 12.4 Å². The number of hydrogen-bond donors (Lipinski definition) is 2. The van der Waals surface area contributed by atoms with Crippen molar-refractivity contribution >= 4 is 18.2 Å². The van der Waals surface area contributed by atoms with Crippen molar-refractivity contribution in [3.8, 4) is 5.75 Å². The van der Waals surface area contributed by atoms with Crippen molar-refractivity contribution < 1.29 is 9.53 Å². The summed E-state index contributed by atoms with van der Waals surface area (Å²) in [7, 11) is 0. The smallest absolute Gasteiger partial charge is 0.240 e. The number of nitrogens with two attached hydrogens (primary N) is 1. The highest BCUT2D eigenvalue weighted by atomic mass is 16.5. The second-order valence-corrected chi connectivity index (χ2v) is 4.94. The highest BCUT2D eigenvalue weighted by molar-refractivity contribution is 5.88. The highest BCUT2D eigenvalue weighted by Crippen LogP contribution is 2.24. The second-order valence-electron chi connectivity index (χ2n) is 4.94. The second kappa shape index (κ2) is 8.21. The predicted octanol–water partition coefficient (Wildman–Crippen LogP) is 2.08. The molecule has 0 aliphatic carbocycles. The molecule has 1 amide bonds. The van der Waals surface area contributed by atoms with Gasteiger partial charge in [-0.25, -0.2) is 5.43 Å². The lowest BCUT2D eigenvalue weighted by Gasteiger charge is -2.15. The number of hydrazone groups is 1. The molecule has 5 nitrogen and oxygen atoms in total. The van der Waals surface area contributed by atoms with Gasteiger partial charge in [0.25, 0.3) is 0 Å². The summed E-state index contributed by atoms with van der Waals surface area (Å²) >= 11 is 0. The van der Waals surface area contributed by atoms with E-state index in [9.17, 15) is 4.79 Å². The molecule has 112 valence electrons. The Morgan fingerprint density at radius 3 is 3.05 bits per heavy atom. The number of nitrogens with zero attached hydrogens (tertiary/aromatic N) is 1. The molecule has 1 aromatic rings. The van der Waals surface area contributed by atoms with Crippen molar-refractivity contribution in [2.75, 3.05) is 13.2 Å². The molecular weight excluding hydrogens is 266 g/mol. The molecule has 2 rings (SSSR count). The summed E-state index contributed by atoms with van der Waals surface area (Å²) < 4.78 is 5.60. The van der Waals surface area contributed by atoms with E-state index < -0.39 is 0 Å². The number of rotatable bonds is 7. The summed E-state index contributed by atoms with van der Waals surface area (Å²) in [5, 5.41) is 3.97. The van der Waals surface area contributed by atoms with Crippen LogP contribution in [0.5, 0.6) is 5.75 Å². The molecule has 5 heteroatoms. The minimum absolute atomic E-state index is 0.0685. The Morgan fingerprint density at radius 1 is 1.33 bits per heavy atom. The first-order valence-corrected chi connectivity index (χ1v) is 7.24. The van der Waals surface area contributed by atoms with Crippen LogP contribution in [-0.4, -0.2) is 25.3 Å². The first kappa shape index (κ1) is 15.3. The first-order chi connectivity index (χ1) is 10.3. The maximum Gasteiger partial charge on any atom is 0.240 e. The van der Waals surface area contributed by atoms with Gasteiger partial charge in [-0.3, -0.25) is 4.79 Å². The molecule has 0 aromatic heterocycles. The number of benzene rings is 1. The van der Waals surface area contributed by atoms with Gasteiger partial charge in [0.05, 0.1) is 6.21 Å². The molecule has 1 aliphatic heterocycles. The Kier molecular flexibility index (Phi) is 5.97. The molecule has 0 radical (unpaired) electrons. The van der Waals surface area contributed by atoms with Crippen LogP contribution < -0.4 is 15.9 Å². The van der Waals surface area contributed by atoms with Crippen molar-refractivity contribution in [1.82, 2.24) is 5.43 Å². The Labute approximate surface area is 124 Å². The molecule has 0 unspecified atom stereocenters. The van der Waals surface area contributed by atoms with Gasteiger partial charge in [-0.2, -0.15) is 5.10 Å². The monoisotopic (exact) mass is 287 g/mol. The molecule has 0 bridgehead atoms. The predicted molar refractivity (Wildman–Crippen MR) is 84.1 cm³/mol. The van der Waals surface area contributed by atoms with Crippen LogP contribution in [-0.2, 0) is 4.79 Å². The van der Waals surface area contributed by atoms with E-state index in [4.69, 9.17) is 10.5 Å². The van der Waals surface area contributed by atoms with Crippen LogP contribution in [0.25, 0.3) is 6.08 Å². The van der Waals surface area contributed by atoms with Gasteiger partial charge in [-0.15, -0.1) is 0 Å². The Bertz CT molecular complexity index is 538. The van der Waals surface area contributed by atoms with Crippen LogP contribution in [0.3, 0.4) is 0 Å². The maximum absolute atomic E-state index is 11.5. The summed E-state index contributed by atoms with van der Waals surface area (Å²) in [6, 6.07) is 7.82. The van der Waals surface area contributed by atoms with Crippen LogP contribution in [0.15, 0.2) is 34.9 Å². The average Bonchev–Trinajstić information content (AvgIpc) is 2.51. The zero-order chi connectivity index (χ0) is 14.9. The summed E-state index contributed by atoms with van der Waals surface area (Å²) in [5.41, 5.74) is 9.89. The van der Waals surface area contributed by atoms with Crippen LogP contribution in [0, 0.1) is 0 Å². The molecule has 0 fully saturated rings. The lowest BCUT2D eigenvalue weighted by atomic mass is 10.1. The van der Waals surface area contributed by atoms with Crippen molar-refractivity contribution in [3.05, 3.63) is 35.4 Å². The molecule has 0 atom stereocenters. The van der Waals surface area contributed by atoms with E-state index in [1.165, 1.54) is 0 Å². The number of ether oxygens (including phenoxy) is 1. The number of carbonyl (C=O) groups excluding carboxylic acids is 1. The van der Waals surface area contributed by atoms with Gasteiger partial charge in [0.2, 0.25) is 5.91 Å². The Morgan fingerprint density at radius 2 is 2.19 bits per heavy atom. The summed E-state index contributed by atoms with van der Waals surface area (Å²) in [6.07, 6.45) is 6.90. The van der Waals surface area contributed by atoms with Gasteiger partial charge >= 0.3 is 0 Å². The van der Waals surface area contributed by atoms with Gasteiger partial charge in [0.15, 0.2) is 0 Å². The van der Waals surface area contributed by atoms with Crippen LogP contribution in [0.2, 0.25) is 0 Å². The fraction of sp³-hybridized carbons (Fsp3) is 0.375. The molecule has 1 aromatic carbocycles. The lowest BCUT2D eigenvalue weighted by Crippen LogP contribution is -2.18. The molecule has 3 N–H and O–H groups in total. The standard InChI is InChI=1S/C16H21N3O2/c17-9-5-1-2-8-16(20)19-18-11-13-10-14-6-3-4-7-15(14)21-12-13/h3-4,6-7,10-11H,1-2,5,8-9,12,17H2,(H,19,20)/b18-11-. The van der Waals surface area contributed by atoms with E-state index in [-0.39, 0.29) is 5.91 Å². The maximum atomic E-state index is 11.5. The molecule has 0 saturated heterocycles. The van der Waals surface area contributed by atoms with E-state index >= 15 is 0 Å². The van der Waals surface area contributed by atoms with Crippen LogP contribution in [0.1, 0.15) is 31.2 Å². The topological polar surface area (TPSA) is 76.7 Å². The van der Waals surface area contributed by atoms with Crippen molar-refractivity contribution in [3.63, 3.8) is 0 Å². The van der Waals surface area contributed by atoms with Crippen LogP contribution in [0.4, 0.5) is 0 Å². The third kappa shape index (κ3) is 5.04. The van der Waals surface area contributed by atoms with E-state index in [1.54, 1.807) is 6.21 Å². The van der Waals surface area contributed by atoms with E-state index in [2.05, 4.69) is 10.5 Å². The minimum atomic E-state index is -0.0685. The van der Waals surface area contributed by atoms with E-state index in [0.717, 1.165) is 36.1 Å². The lowest BCUT2D eigenvalue weighted by molar-refractivity contribution is -0.121. The number of para-hydroxylation sites is 1. The normalized spacial score (nSPS) is 13.5. The number of amides is 1. The molecule has 0 spiro atoms. The van der Waals surface area contributed by atoms with E-state index in [1.807, 2.05) is 30.3 Å². The number of hydrogen-bond acceptors (Lipinski definition) is 4. The van der Waals surface area contributed by atoms with E-state index in [0.29, 0.717) is 19.6 Å². The molecule has 1 aliphatic rings. The SMILES string of the molecule is NCCCCCC(=O)N/N=C\C1=Cc2ccccc2OC1. The Hall–Kier alpha value is -2.14. The van der Waals surface area contributed by atoms with Crippen molar-refractivity contribution in [1.29, 1.82) is 0 Å².